The van der Waals surface area contributed by atoms with E-state index in [2.05, 4.69) is 10.2 Å². The quantitative estimate of drug-likeness (QED) is 0.913. The van der Waals surface area contributed by atoms with E-state index >= 15 is 0 Å². The third kappa shape index (κ3) is 3.12. The Balaban J connectivity index is 1.80. The van der Waals surface area contributed by atoms with Gasteiger partial charge in [-0.2, -0.15) is 5.10 Å². The van der Waals surface area contributed by atoms with Crippen LogP contribution in [0.15, 0.2) is 30.5 Å². The van der Waals surface area contributed by atoms with E-state index in [0.29, 0.717) is 29.9 Å². The van der Waals surface area contributed by atoms with Gasteiger partial charge in [0.25, 0.3) is 5.91 Å². The Kier molecular flexibility index (Phi) is 4.43. The molecule has 2 heterocycles. The second kappa shape index (κ2) is 6.50. The summed E-state index contributed by atoms with van der Waals surface area (Å²) in [6.45, 7) is 2.97. The number of likely N-dealkylation sites (tertiary alicyclic amines) is 1. The van der Waals surface area contributed by atoms with Crippen molar-refractivity contribution >= 4 is 5.91 Å². The van der Waals surface area contributed by atoms with Gasteiger partial charge < -0.3 is 10.0 Å². The van der Waals surface area contributed by atoms with E-state index in [1.165, 1.54) is 12.3 Å². The Hall–Kier alpha value is -2.21. The van der Waals surface area contributed by atoms with Crippen LogP contribution >= 0.6 is 0 Å². The summed E-state index contributed by atoms with van der Waals surface area (Å²) in [7, 11) is 0. The van der Waals surface area contributed by atoms with E-state index in [-0.39, 0.29) is 17.9 Å². The maximum atomic E-state index is 14.0. The zero-order chi connectivity index (χ0) is 16.4. The number of aromatic nitrogens is 2. The number of hydrogen-bond acceptors (Lipinski definition) is 3. The molecule has 3 rings (SSSR count). The van der Waals surface area contributed by atoms with Crippen LogP contribution in [0.3, 0.4) is 0 Å². The van der Waals surface area contributed by atoms with E-state index in [9.17, 15) is 14.3 Å². The Morgan fingerprint density at radius 1 is 1.39 bits per heavy atom. The van der Waals surface area contributed by atoms with Crippen molar-refractivity contribution < 1.29 is 14.3 Å². The lowest BCUT2D eigenvalue weighted by Crippen LogP contribution is -2.40. The number of benzene rings is 1. The molecular formula is C17H20FN3O2. The Bertz CT molecular complexity index is 691. The fourth-order valence-corrected chi connectivity index (χ4v) is 3.07. The number of H-pyrrole nitrogens is 1. The van der Waals surface area contributed by atoms with Gasteiger partial charge in [-0.3, -0.25) is 9.89 Å². The van der Waals surface area contributed by atoms with E-state index in [0.717, 1.165) is 12.8 Å². The number of rotatable bonds is 3. The molecule has 1 aromatic heterocycles. The number of nitrogens with one attached hydrogen (secondary N) is 1. The number of piperidine rings is 1. The molecule has 1 aliphatic rings. The predicted octanol–water partition coefficient (Wildman–Crippen LogP) is 2.45. The monoisotopic (exact) mass is 317 g/mol. The van der Waals surface area contributed by atoms with E-state index in [1.54, 1.807) is 30.0 Å². The molecule has 5 nitrogen and oxygen atoms in total. The third-order valence-electron chi connectivity index (χ3n) is 4.52. The van der Waals surface area contributed by atoms with Gasteiger partial charge in [0.1, 0.15) is 5.82 Å². The smallest absolute Gasteiger partial charge is 0.257 e. The van der Waals surface area contributed by atoms with Gasteiger partial charge >= 0.3 is 0 Å². The summed E-state index contributed by atoms with van der Waals surface area (Å²) in [5.74, 6) is -0.311. The molecule has 1 saturated heterocycles. The zero-order valence-corrected chi connectivity index (χ0v) is 13.0. The molecule has 1 fully saturated rings. The van der Waals surface area contributed by atoms with Crippen molar-refractivity contribution in [2.45, 2.75) is 25.9 Å². The van der Waals surface area contributed by atoms with Gasteiger partial charge in [0, 0.05) is 18.7 Å². The minimum atomic E-state index is -0.390. The van der Waals surface area contributed by atoms with Crippen molar-refractivity contribution in [2.75, 3.05) is 13.1 Å². The first-order valence-corrected chi connectivity index (χ1v) is 7.83. The highest BCUT2D eigenvalue weighted by Gasteiger charge is 2.28. The SMILES string of the molecule is CC(O)C1CCN(C(=O)c2cn[nH]c2-c2ccccc2F)CC1. The lowest BCUT2D eigenvalue weighted by Gasteiger charge is -2.33. The molecule has 2 N–H and O–H groups in total. The van der Waals surface area contributed by atoms with Crippen LogP contribution in [0, 0.1) is 11.7 Å². The number of aliphatic hydroxyl groups is 1. The topological polar surface area (TPSA) is 69.2 Å². The summed E-state index contributed by atoms with van der Waals surface area (Å²) < 4.78 is 14.0. The number of halogens is 1. The third-order valence-corrected chi connectivity index (χ3v) is 4.52. The van der Waals surface area contributed by atoms with Crippen molar-refractivity contribution in [1.29, 1.82) is 0 Å². The van der Waals surface area contributed by atoms with E-state index in [4.69, 9.17) is 0 Å². The molecule has 1 unspecified atom stereocenters. The summed E-state index contributed by atoms with van der Waals surface area (Å²) in [5, 5.41) is 16.3. The predicted molar refractivity (Wildman–Crippen MR) is 84.3 cm³/mol. The summed E-state index contributed by atoms with van der Waals surface area (Å²) in [6, 6.07) is 6.32. The van der Waals surface area contributed by atoms with Gasteiger partial charge in [0.05, 0.1) is 23.6 Å². The number of carbonyl (C=O) groups is 1. The first-order chi connectivity index (χ1) is 11.1. The van der Waals surface area contributed by atoms with Crippen LogP contribution in [0.4, 0.5) is 4.39 Å². The fourth-order valence-electron chi connectivity index (χ4n) is 3.07. The summed E-state index contributed by atoms with van der Waals surface area (Å²) in [4.78, 5) is 14.5. The number of hydrogen-bond donors (Lipinski definition) is 2. The average molecular weight is 317 g/mol. The van der Waals surface area contributed by atoms with Crippen molar-refractivity contribution in [1.82, 2.24) is 15.1 Å². The number of aliphatic hydroxyl groups excluding tert-OH is 1. The number of amides is 1. The van der Waals surface area contributed by atoms with Crippen LogP contribution in [0.5, 0.6) is 0 Å². The molecule has 2 aromatic rings. The van der Waals surface area contributed by atoms with Crippen LogP contribution in [-0.2, 0) is 0 Å². The number of nitrogens with zero attached hydrogens (tertiary/aromatic N) is 2. The molecule has 1 amide bonds. The molecule has 1 atom stereocenters. The molecule has 1 aliphatic heterocycles. The second-order valence-corrected chi connectivity index (χ2v) is 6.01. The molecule has 122 valence electrons. The van der Waals surface area contributed by atoms with Crippen LogP contribution in [-0.4, -0.2) is 45.3 Å². The molecule has 0 saturated carbocycles. The van der Waals surface area contributed by atoms with Gasteiger partial charge in [-0.25, -0.2) is 4.39 Å². The van der Waals surface area contributed by atoms with Crippen molar-refractivity contribution in [2.24, 2.45) is 5.92 Å². The summed E-state index contributed by atoms with van der Waals surface area (Å²) in [6.07, 6.45) is 2.65. The highest BCUT2D eigenvalue weighted by molar-refractivity contribution is 5.99. The standard InChI is InChI=1S/C17H20FN3O2/c1-11(22)12-6-8-21(9-7-12)17(23)14-10-19-20-16(14)13-4-2-3-5-15(13)18/h2-5,10-12,22H,6-9H2,1H3,(H,19,20). The van der Waals surface area contributed by atoms with E-state index < -0.39 is 5.82 Å². The molecular weight excluding hydrogens is 297 g/mol. The minimum absolute atomic E-state index is 0.152. The zero-order valence-electron chi connectivity index (χ0n) is 13.0. The van der Waals surface area contributed by atoms with Gasteiger partial charge in [0.2, 0.25) is 0 Å². The number of aromatic amines is 1. The van der Waals surface area contributed by atoms with Crippen LogP contribution in [0.1, 0.15) is 30.1 Å². The molecule has 23 heavy (non-hydrogen) atoms. The number of carbonyl (C=O) groups excluding carboxylic acids is 1. The summed E-state index contributed by atoms with van der Waals surface area (Å²) in [5.41, 5.74) is 1.13. The normalized spacial score (nSPS) is 17.3. The summed E-state index contributed by atoms with van der Waals surface area (Å²) >= 11 is 0. The van der Waals surface area contributed by atoms with Crippen molar-refractivity contribution in [3.05, 3.63) is 41.8 Å². The van der Waals surface area contributed by atoms with E-state index in [1.807, 2.05) is 0 Å². The van der Waals surface area contributed by atoms with Crippen molar-refractivity contribution in [3.63, 3.8) is 0 Å². The fraction of sp³-hybridized carbons (Fsp3) is 0.412. The minimum Gasteiger partial charge on any atom is -0.393 e. The average Bonchev–Trinajstić information content (AvgIpc) is 3.04. The van der Waals surface area contributed by atoms with Gasteiger partial charge in [-0.15, -0.1) is 0 Å². The Labute approximate surface area is 134 Å². The molecule has 6 heteroatoms. The molecule has 1 aromatic carbocycles. The highest BCUT2D eigenvalue weighted by Crippen LogP contribution is 2.27. The van der Waals surface area contributed by atoms with Gasteiger partial charge in [0.15, 0.2) is 0 Å². The van der Waals surface area contributed by atoms with Gasteiger partial charge in [-0.1, -0.05) is 12.1 Å². The second-order valence-electron chi connectivity index (χ2n) is 6.01. The maximum Gasteiger partial charge on any atom is 0.257 e. The molecule has 0 radical (unpaired) electrons. The molecule has 0 bridgehead atoms. The Morgan fingerprint density at radius 2 is 2.09 bits per heavy atom. The first kappa shape index (κ1) is 15.7. The van der Waals surface area contributed by atoms with Crippen LogP contribution < -0.4 is 0 Å². The van der Waals surface area contributed by atoms with Crippen LogP contribution in [0.25, 0.3) is 11.3 Å². The lowest BCUT2D eigenvalue weighted by molar-refractivity contribution is 0.0522. The van der Waals surface area contributed by atoms with Gasteiger partial charge in [-0.05, 0) is 37.8 Å². The highest BCUT2D eigenvalue weighted by atomic mass is 19.1. The van der Waals surface area contributed by atoms with Crippen molar-refractivity contribution in [3.8, 4) is 11.3 Å². The first-order valence-electron chi connectivity index (χ1n) is 7.83. The largest absolute Gasteiger partial charge is 0.393 e. The lowest BCUT2D eigenvalue weighted by atomic mass is 9.92. The molecule has 0 aliphatic carbocycles. The Morgan fingerprint density at radius 3 is 2.74 bits per heavy atom. The maximum absolute atomic E-state index is 14.0. The van der Waals surface area contributed by atoms with Crippen LogP contribution in [0.2, 0.25) is 0 Å². The molecule has 0 spiro atoms.